The molecular formula is C22H24N4OS. The molecule has 0 bridgehead atoms. The lowest BCUT2D eigenvalue weighted by Crippen LogP contribution is -2.30. The summed E-state index contributed by atoms with van der Waals surface area (Å²) in [6.45, 7) is 4.38. The average molecular weight is 393 g/mol. The van der Waals surface area contributed by atoms with Crippen molar-refractivity contribution in [3.63, 3.8) is 0 Å². The Morgan fingerprint density at radius 3 is 2.68 bits per heavy atom. The standard InChI is InChI=1S/C22H24N4OS/c1-15(2)25-13-7-11-19(25)21-20(18-10-4-5-12-23-18)24-22(28)26(21)16-8-6-9-17(14-16)27-3/h4-15,20-21H,1-3H3,(H,24,28)/t20-,21-/m0/s1. The van der Waals surface area contributed by atoms with E-state index >= 15 is 0 Å². The number of hydrogen-bond acceptors (Lipinski definition) is 3. The molecule has 0 unspecified atom stereocenters. The van der Waals surface area contributed by atoms with Crippen LogP contribution in [0.2, 0.25) is 0 Å². The van der Waals surface area contributed by atoms with Crippen molar-refractivity contribution >= 4 is 23.0 Å². The first-order chi connectivity index (χ1) is 13.6. The fraction of sp³-hybridized carbons (Fsp3) is 0.273. The molecule has 1 aliphatic heterocycles. The van der Waals surface area contributed by atoms with E-state index in [0.717, 1.165) is 17.1 Å². The normalized spacial score (nSPS) is 19.1. The van der Waals surface area contributed by atoms with E-state index in [4.69, 9.17) is 17.0 Å². The molecule has 1 fully saturated rings. The van der Waals surface area contributed by atoms with Crippen LogP contribution in [0.25, 0.3) is 0 Å². The summed E-state index contributed by atoms with van der Waals surface area (Å²) in [5.74, 6) is 0.805. The summed E-state index contributed by atoms with van der Waals surface area (Å²) < 4.78 is 7.74. The van der Waals surface area contributed by atoms with Gasteiger partial charge in [0.2, 0.25) is 0 Å². The highest BCUT2D eigenvalue weighted by molar-refractivity contribution is 7.80. The summed E-state index contributed by atoms with van der Waals surface area (Å²) in [6, 6.07) is 18.5. The summed E-state index contributed by atoms with van der Waals surface area (Å²) in [4.78, 5) is 6.78. The van der Waals surface area contributed by atoms with E-state index in [1.807, 2.05) is 42.6 Å². The minimum Gasteiger partial charge on any atom is -0.497 e. The SMILES string of the molecule is COc1cccc(N2C(=S)N[C@@H](c3ccccn3)[C@@H]2c2cccn2C(C)C)c1. The molecule has 0 radical (unpaired) electrons. The van der Waals surface area contributed by atoms with Gasteiger partial charge in [0, 0.05) is 35.9 Å². The number of anilines is 1. The number of ether oxygens (including phenoxy) is 1. The molecule has 0 aliphatic carbocycles. The van der Waals surface area contributed by atoms with Gasteiger partial charge in [-0.2, -0.15) is 0 Å². The molecule has 0 amide bonds. The summed E-state index contributed by atoms with van der Waals surface area (Å²) >= 11 is 5.78. The predicted octanol–water partition coefficient (Wildman–Crippen LogP) is 4.65. The van der Waals surface area contributed by atoms with Crippen LogP contribution in [-0.4, -0.2) is 21.8 Å². The van der Waals surface area contributed by atoms with Crippen LogP contribution in [0, 0.1) is 0 Å². The second-order valence-electron chi connectivity index (χ2n) is 7.13. The molecule has 0 saturated carbocycles. The Hall–Kier alpha value is -2.86. The van der Waals surface area contributed by atoms with Gasteiger partial charge in [0.15, 0.2) is 5.11 Å². The molecule has 1 aliphatic rings. The van der Waals surface area contributed by atoms with Crippen LogP contribution < -0.4 is 15.0 Å². The Morgan fingerprint density at radius 1 is 1.11 bits per heavy atom. The maximum Gasteiger partial charge on any atom is 0.174 e. The van der Waals surface area contributed by atoms with E-state index in [2.05, 4.69) is 58.0 Å². The van der Waals surface area contributed by atoms with Crippen molar-refractivity contribution in [2.75, 3.05) is 12.0 Å². The van der Waals surface area contributed by atoms with E-state index in [1.54, 1.807) is 7.11 Å². The summed E-state index contributed by atoms with van der Waals surface area (Å²) in [5.41, 5.74) is 3.16. The van der Waals surface area contributed by atoms with Crippen molar-refractivity contribution in [3.8, 4) is 5.75 Å². The quantitative estimate of drug-likeness (QED) is 0.640. The van der Waals surface area contributed by atoms with Crippen molar-refractivity contribution in [1.29, 1.82) is 0 Å². The molecule has 28 heavy (non-hydrogen) atoms. The number of aromatic nitrogens is 2. The zero-order valence-electron chi connectivity index (χ0n) is 16.2. The number of hydrogen-bond donors (Lipinski definition) is 1. The first-order valence-electron chi connectivity index (χ1n) is 9.41. The Kier molecular flexibility index (Phi) is 5.05. The maximum absolute atomic E-state index is 5.78. The maximum atomic E-state index is 5.78. The zero-order chi connectivity index (χ0) is 19.7. The van der Waals surface area contributed by atoms with Crippen LogP contribution in [0.15, 0.2) is 67.0 Å². The molecule has 4 rings (SSSR count). The van der Waals surface area contributed by atoms with Crippen molar-refractivity contribution in [2.24, 2.45) is 0 Å². The lowest BCUT2D eigenvalue weighted by Gasteiger charge is -2.30. The zero-order valence-corrected chi connectivity index (χ0v) is 17.1. The van der Waals surface area contributed by atoms with Crippen LogP contribution in [0.5, 0.6) is 5.75 Å². The van der Waals surface area contributed by atoms with Crippen LogP contribution >= 0.6 is 12.2 Å². The second-order valence-corrected chi connectivity index (χ2v) is 7.52. The molecule has 1 N–H and O–H groups in total. The number of pyridine rings is 1. The monoisotopic (exact) mass is 392 g/mol. The molecule has 2 aromatic heterocycles. The van der Waals surface area contributed by atoms with Gasteiger partial charge >= 0.3 is 0 Å². The van der Waals surface area contributed by atoms with Gasteiger partial charge in [-0.1, -0.05) is 12.1 Å². The molecule has 2 atom stereocenters. The first kappa shape index (κ1) is 18.5. The second kappa shape index (κ2) is 7.64. The lowest BCUT2D eigenvalue weighted by atomic mass is 10.0. The van der Waals surface area contributed by atoms with Crippen molar-refractivity contribution in [1.82, 2.24) is 14.9 Å². The fourth-order valence-electron chi connectivity index (χ4n) is 3.82. The van der Waals surface area contributed by atoms with Gasteiger partial charge < -0.3 is 19.5 Å². The van der Waals surface area contributed by atoms with E-state index in [1.165, 1.54) is 5.69 Å². The lowest BCUT2D eigenvalue weighted by molar-refractivity contribution is 0.414. The number of methoxy groups -OCH3 is 1. The van der Waals surface area contributed by atoms with Crippen LogP contribution in [0.4, 0.5) is 5.69 Å². The summed E-state index contributed by atoms with van der Waals surface area (Å²) in [7, 11) is 1.68. The Labute approximate surface area is 171 Å². The Bertz CT molecular complexity index is 969. The number of rotatable bonds is 5. The number of benzene rings is 1. The third kappa shape index (κ3) is 3.24. The molecule has 3 heterocycles. The van der Waals surface area contributed by atoms with Gasteiger partial charge in [0.05, 0.1) is 18.8 Å². The number of thiocarbonyl (C=S) groups is 1. The van der Waals surface area contributed by atoms with Gasteiger partial charge in [-0.15, -0.1) is 0 Å². The highest BCUT2D eigenvalue weighted by Gasteiger charge is 2.42. The number of nitrogens with one attached hydrogen (secondary N) is 1. The van der Waals surface area contributed by atoms with E-state index in [0.29, 0.717) is 11.2 Å². The average Bonchev–Trinajstić information content (AvgIpc) is 3.33. The molecule has 0 spiro atoms. The highest BCUT2D eigenvalue weighted by atomic mass is 32.1. The fourth-order valence-corrected chi connectivity index (χ4v) is 4.17. The first-order valence-corrected chi connectivity index (χ1v) is 9.82. The third-order valence-electron chi connectivity index (χ3n) is 5.10. The minimum absolute atomic E-state index is 0.0214. The molecule has 1 aromatic carbocycles. The molecule has 1 saturated heterocycles. The van der Waals surface area contributed by atoms with Gasteiger partial charge in [-0.25, -0.2) is 0 Å². The van der Waals surface area contributed by atoms with Gasteiger partial charge in [0.25, 0.3) is 0 Å². The van der Waals surface area contributed by atoms with Crippen molar-refractivity contribution < 1.29 is 4.74 Å². The third-order valence-corrected chi connectivity index (χ3v) is 5.42. The van der Waals surface area contributed by atoms with Gasteiger partial charge in [-0.3, -0.25) is 4.98 Å². The molecule has 3 aromatic rings. The Morgan fingerprint density at radius 2 is 1.96 bits per heavy atom. The summed E-state index contributed by atoms with van der Waals surface area (Å²) in [6.07, 6.45) is 3.95. The minimum atomic E-state index is -0.0488. The van der Waals surface area contributed by atoms with Crippen molar-refractivity contribution in [3.05, 3.63) is 78.4 Å². The number of nitrogens with zero attached hydrogens (tertiary/aromatic N) is 3. The summed E-state index contributed by atoms with van der Waals surface area (Å²) in [5, 5.41) is 4.19. The van der Waals surface area contributed by atoms with E-state index in [9.17, 15) is 0 Å². The van der Waals surface area contributed by atoms with Crippen LogP contribution in [0.3, 0.4) is 0 Å². The molecule has 6 heteroatoms. The highest BCUT2D eigenvalue weighted by Crippen LogP contribution is 2.42. The van der Waals surface area contributed by atoms with Crippen LogP contribution in [-0.2, 0) is 0 Å². The van der Waals surface area contributed by atoms with Gasteiger partial charge in [-0.05, 0) is 62.5 Å². The van der Waals surface area contributed by atoms with Crippen molar-refractivity contribution in [2.45, 2.75) is 32.0 Å². The predicted molar refractivity (Wildman–Crippen MR) is 116 cm³/mol. The molecular weight excluding hydrogens is 368 g/mol. The molecule has 144 valence electrons. The topological polar surface area (TPSA) is 42.3 Å². The van der Waals surface area contributed by atoms with E-state index < -0.39 is 0 Å². The van der Waals surface area contributed by atoms with E-state index in [-0.39, 0.29) is 12.1 Å². The smallest absolute Gasteiger partial charge is 0.174 e. The van der Waals surface area contributed by atoms with Gasteiger partial charge in [0.1, 0.15) is 11.8 Å². The molecule has 5 nitrogen and oxygen atoms in total. The van der Waals surface area contributed by atoms with Crippen LogP contribution in [0.1, 0.15) is 43.4 Å². The largest absolute Gasteiger partial charge is 0.497 e. The Balaban J connectivity index is 1.86.